The number of aryl methyl sites for hydroxylation is 3. The van der Waals surface area contributed by atoms with Gasteiger partial charge in [-0.2, -0.15) is 0 Å². The third-order valence-electron chi connectivity index (χ3n) is 7.74. The number of benzene rings is 1. The number of likely N-dealkylation sites (tertiary alicyclic amines) is 1. The molecule has 1 fully saturated rings. The number of allylic oxidation sites excluding steroid dienone is 1. The summed E-state index contributed by atoms with van der Waals surface area (Å²) in [6.07, 6.45) is 4.97. The van der Waals surface area contributed by atoms with Gasteiger partial charge < -0.3 is 20.0 Å². The van der Waals surface area contributed by atoms with Gasteiger partial charge in [0.05, 0.1) is 11.3 Å². The van der Waals surface area contributed by atoms with Gasteiger partial charge in [-0.25, -0.2) is 0 Å². The van der Waals surface area contributed by atoms with E-state index in [4.69, 9.17) is 4.42 Å². The van der Waals surface area contributed by atoms with Gasteiger partial charge in [0.15, 0.2) is 0 Å². The van der Waals surface area contributed by atoms with Gasteiger partial charge in [-0.05, 0) is 82.2 Å². The Morgan fingerprint density at radius 2 is 1.79 bits per heavy atom. The van der Waals surface area contributed by atoms with Crippen LogP contribution in [-0.4, -0.2) is 36.9 Å². The van der Waals surface area contributed by atoms with Crippen molar-refractivity contribution < 1.29 is 14.0 Å². The van der Waals surface area contributed by atoms with E-state index in [1.165, 1.54) is 0 Å². The van der Waals surface area contributed by atoms with Crippen LogP contribution in [0, 0.1) is 20.8 Å². The lowest BCUT2D eigenvalue weighted by Crippen LogP contribution is -2.27. The van der Waals surface area contributed by atoms with Crippen molar-refractivity contribution in [2.45, 2.75) is 59.8 Å². The Labute approximate surface area is 234 Å². The van der Waals surface area contributed by atoms with Crippen molar-refractivity contribution >= 4 is 40.1 Å². The van der Waals surface area contributed by atoms with Crippen LogP contribution in [0.1, 0.15) is 81.8 Å². The maximum Gasteiger partial charge on any atom is 0.266 e. The average molecular weight is 544 g/mol. The molecule has 3 aromatic rings. The maximum atomic E-state index is 14.2. The second-order valence-corrected chi connectivity index (χ2v) is 11.8. The number of fused-ring (bicyclic) bond motifs is 1. The molecule has 204 valence electrons. The van der Waals surface area contributed by atoms with E-state index in [2.05, 4.69) is 29.7 Å². The first-order valence-electron chi connectivity index (χ1n) is 13.7. The van der Waals surface area contributed by atoms with E-state index in [1.807, 2.05) is 63.9 Å². The van der Waals surface area contributed by atoms with Crippen LogP contribution in [0.5, 0.6) is 0 Å². The summed E-state index contributed by atoms with van der Waals surface area (Å²) in [5.74, 6) is 1.42. The van der Waals surface area contributed by atoms with Crippen LogP contribution in [0.2, 0.25) is 0 Å². The Morgan fingerprint density at radius 3 is 2.44 bits per heavy atom. The third-order valence-corrected chi connectivity index (χ3v) is 9.15. The molecule has 0 spiro atoms. The van der Waals surface area contributed by atoms with Crippen molar-refractivity contribution in [1.82, 2.24) is 4.90 Å². The first kappa shape index (κ1) is 27.0. The number of carbonyl (C=O) groups is 2. The van der Waals surface area contributed by atoms with Crippen LogP contribution in [0.4, 0.5) is 11.4 Å². The highest BCUT2D eigenvalue weighted by atomic mass is 32.1. The summed E-state index contributed by atoms with van der Waals surface area (Å²) >= 11 is 1.55. The monoisotopic (exact) mass is 543 g/mol. The lowest BCUT2D eigenvalue weighted by molar-refractivity contribution is -0.112. The molecule has 6 nitrogen and oxygen atoms in total. The highest BCUT2D eigenvalue weighted by Gasteiger charge is 2.35. The molecule has 0 radical (unpaired) electrons. The summed E-state index contributed by atoms with van der Waals surface area (Å²) in [7, 11) is 1.86. The number of nitrogens with zero attached hydrogens (tertiary/aromatic N) is 1. The molecule has 2 amide bonds. The number of carbonyl (C=O) groups excluding carboxylic acids is 2. The van der Waals surface area contributed by atoms with Crippen molar-refractivity contribution in [3.63, 3.8) is 0 Å². The first-order chi connectivity index (χ1) is 18.7. The zero-order chi connectivity index (χ0) is 27.8. The molecule has 2 aromatic heterocycles. The fourth-order valence-corrected chi connectivity index (χ4v) is 6.97. The minimum atomic E-state index is -0.194. The number of amides is 2. The lowest BCUT2D eigenvalue weighted by Gasteiger charge is -2.22. The second-order valence-electron chi connectivity index (χ2n) is 10.8. The summed E-state index contributed by atoms with van der Waals surface area (Å²) in [6.45, 7) is 11.7. The van der Waals surface area contributed by atoms with Gasteiger partial charge in [0.2, 0.25) is 0 Å². The van der Waals surface area contributed by atoms with E-state index in [0.717, 1.165) is 82.2 Å². The van der Waals surface area contributed by atoms with Crippen molar-refractivity contribution in [2.24, 2.45) is 0 Å². The molecule has 1 unspecified atom stereocenters. The van der Waals surface area contributed by atoms with Crippen LogP contribution >= 0.6 is 11.3 Å². The summed E-state index contributed by atoms with van der Waals surface area (Å²) in [5.41, 5.74) is 6.77. The molecular formula is C32H37N3O3S. The second kappa shape index (κ2) is 10.9. The SMILES string of the molecule is CNc1c(C(=O)N2CCCC2)sc2c1/C(c1ccc(C)o1)=C(C(=O)Nc1ccc(C)cc1C)\C(C)=C\CC2C. The fraction of sp³-hybridized carbons (Fsp3) is 0.375. The summed E-state index contributed by atoms with van der Waals surface area (Å²) < 4.78 is 6.22. The van der Waals surface area contributed by atoms with Crippen molar-refractivity contribution in [1.29, 1.82) is 0 Å². The largest absolute Gasteiger partial charge is 0.461 e. The number of rotatable bonds is 5. The third kappa shape index (κ3) is 5.08. The standard InChI is InChI=1S/C32H37N3O3S/c1-18-9-13-23(21(4)17-18)34-31(36)25-19(2)10-11-20(3)29-27(26(25)24-14-12-22(5)38-24)28(33-6)30(39-29)32(37)35-15-7-8-16-35/h9-10,12-14,17,20,33H,7-8,11,15-16H2,1-6H3,(H,34,36)/b19-10+,26-25+. The average Bonchev–Trinajstić information content (AvgIpc) is 3.66. The normalized spacial score (nSPS) is 20.6. The molecule has 3 heterocycles. The van der Waals surface area contributed by atoms with Gasteiger partial charge in [0.25, 0.3) is 11.8 Å². The van der Waals surface area contributed by atoms with Gasteiger partial charge in [0.1, 0.15) is 16.4 Å². The summed E-state index contributed by atoms with van der Waals surface area (Å²) in [4.78, 5) is 31.6. The summed E-state index contributed by atoms with van der Waals surface area (Å²) in [5, 5.41) is 6.53. The Hall–Kier alpha value is -3.58. The Balaban J connectivity index is 1.76. The van der Waals surface area contributed by atoms with E-state index in [-0.39, 0.29) is 17.7 Å². The highest BCUT2D eigenvalue weighted by molar-refractivity contribution is 7.15. The molecule has 1 saturated heterocycles. The van der Waals surface area contributed by atoms with Crippen molar-refractivity contribution in [3.8, 4) is 0 Å². The molecule has 1 atom stereocenters. The topological polar surface area (TPSA) is 74.6 Å². The fourth-order valence-electron chi connectivity index (χ4n) is 5.63. The Kier molecular flexibility index (Phi) is 7.54. The molecule has 5 rings (SSSR count). The first-order valence-corrected chi connectivity index (χ1v) is 14.5. The van der Waals surface area contributed by atoms with Gasteiger partial charge in [-0.15, -0.1) is 11.3 Å². The van der Waals surface area contributed by atoms with Crippen molar-refractivity contribution in [2.75, 3.05) is 30.8 Å². The van der Waals surface area contributed by atoms with Crippen LogP contribution in [0.25, 0.3) is 5.57 Å². The van der Waals surface area contributed by atoms with E-state index in [1.54, 1.807) is 11.3 Å². The number of anilines is 2. The maximum absolute atomic E-state index is 14.2. The molecule has 2 N–H and O–H groups in total. The number of hydrogen-bond donors (Lipinski definition) is 2. The number of nitrogens with one attached hydrogen (secondary N) is 2. The van der Waals surface area contributed by atoms with Gasteiger partial charge in [-0.3, -0.25) is 9.59 Å². The van der Waals surface area contributed by atoms with Gasteiger partial charge >= 0.3 is 0 Å². The zero-order valence-electron chi connectivity index (χ0n) is 23.7. The van der Waals surface area contributed by atoms with Crippen LogP contribution in [0.15, 0.2) is 52.0 Å². The molecule has 0 bridgehead atoms. The Bertz CT molecular complexity index is 1500. The molecule has 2 aliphatic rings. The molecule has 39 heavy (non-hydrogen) atoms. The van der Waals surface area contributed by atoms with E-state index < -0.39 is 0 Å². The van der Waals surface area contributed by atoms with Crippen LogP contribution < -0.4 is 10.6 Å². The molecule has 0 saturated carbocycles. The van der Waals surface area contributed by atoms with E-state index >= 15 is 0 Å². The van der Waals surface area contributed by atoms with E-state index in [9.17, 15) is 9.59 Å². The molecule has 1 aromatic carbocycles. The lowest BCUT2D eigenvalue weighted by atomic mass is 9.85. The molecule has 1 aliphatic carbocycles. The predicted molar refractivity (Wildman–Crippen MR) is 160 cm³/mol. The van der Waals surface area contributed by atoms with Crippen molar-refractivity contribution in [3.05, 3.63) is 85.5 Å². The number of thiophene rings is 1. The summed E-state index contributed by atoms with van der Waals surface area (Å²) in [6, 6.07) is 9.87. The van der Waals surface area contributed by atoms with E-state index in [0.29, 0.717) is 16.2 Å². The van der Waals surface area contributed by atoms with Gasteiger partial charge in [-0.1, -0.05) is 30.7 Å². The van der Waals surface area contributed by atoms with Gasteiger partial charge in [0, 0.05) is 41.8 Å². The smallest absolute Gasteiger partial charge is 0.266 e. The quantitative estimate of drug-likeness (QED) is 0.351. The van der Waals surface area contributed by atoms with Crippen LogP contribution in [-0.2, 0) is 4.79 Å². The molecule has 1 aliphatic heterocycles. The minimum absolute atomic E-state index is 0.0572. The van der Waals surface area contributed by atoms with Crippen LogP contribution in [0.3, 0.4) is 0 Å². The highest BCUT2D eigenvalue weighted by Crippen LogP contribution is 2.48. The number of furan rings is 1. The molecular weight excluding hydrogens is 506 g/mol. The molecule has 7 heteroatoms. The Morgan fingerprint density at radius 1 is 1.05 bits per heavy atom. The minimum Gasteiger partial charge on any atom is -0.461 e. The number of hydrogen-bond acceptors (Lipinski definition) is 5. The zero-order valence-corrected chi connectivity index (χ0v) is 24.5. The predicted octanol–water partition coefficient (Wildman–Crippen LogP) is 7.44.